The van der Waals surface area contributed by atoms with Crippen LogP contribution in [0, 0.1) is 0 Å². The Balaban J connectivity index is 2.58. The van der Waals surface area contributed by atoms with Crippen LogP contribution in [0.2, 0.25) is 0 Å². The number of hydrogen-bond donors (Lipinski definition) is 3. The summed E-state index contributed by atoms with van der Waals surface area (Å²) in [5.41, 5.74) is -2.05. The van der Waals surface area contributed by atoms with Gasteiger partial charge in [-0.1, -0.05) is 0 Å². The summed E-state index contributed by atoms with van der Waals surface area (Å²) in [5, 5.41) is 20.5. The molecule has 0 aromatic heterocycles. The number of esters is 1. The number of urea groups is 1. The first-order chi connectivity index (χ1) is 8.79. The van der Waals surface area contributed by atoms with Gasteiger partial charge in [0.05, 0.1) is 13.7 Å². The van der Waals surface area contributed by atoms with Gasteiger partial charge in [0.25, 0.3) is 0 Å². The van der Waals surface area contributed by atoms with Gasteiger partial charge in [-0.3, -0.25) is 0 Å². The third kappa shape index (κ3) is 3.57. The van der Waals surface area contributed by atoms with E-state index in [0.29, 0.717) is 19.4 Å². The average molecular weight is 274 g/mol. The Morgan fingerprint density at radius 3 is 2.63 bits per heavy atom. The second-order valence-electron chi connectivity index (χ2n) is 4.61. The molecule has 0 spiro atoms. The van der Waals surface area contributed by atoms with Crippen molar-refractivity contribution in [3.63, 3.8) is 0 Å². The summed E-state index contributed by atoms with van der Waals surface area (Å²) in [5.74, 6) is -1.93. The number of amides is 2. The zero-order valence-electron chi connectivity index (χ0n) is 10.9. The Kier molecular flexibility index (Phi) is 4.71. The van der Waals surface area contributed by atoms with Crippen LogP contribution in [0.3, 0.4) is 0 Å². The molecule has 0 bridgehead atoms. The van der Waals surface area contributed by atoms with Gasteiger partial charge in [0.1, 0.15) is 6.04 Å². The van der Waals surface area contributed by atoms with Crippen molar-refractivity contribution in [3.05, 3.63) is 0 Å². The first kappa shape index (κ1) is 15.2. The van der Waals surface area contributed by atoms with E-state index in [1.165, 1.54) is 12.0 Å². The van der Waals surface area contributed by atoms with Crippen LogP contribution in [0.5, 0.6) is 0 Å². The van der Waals surface area contributed by atoms with Gasteiger partial charge < -0.3 is 25.2 Å². The first-order valence-electron chi connectivity index (χ1n) is 5.87. The Morgan fingerprint density at radius 1 is 1.47 bits per heavy atom. The zero-order valence-corrected chi connectivity index (χ0v) is 10.9. The van der Waals surface area contributed by atoms with Crippen LogP contribution < -0.4 is 5.32 Å². The van der Waals surface area contributed by atoms with Gasteiger partial charge in [0.2, 0.25) is 0 Å². The average Bonchev–Trinajstić information content (AvgIpc) is 2.84. The molecule has 1 aliphatic rings. The van der Waals surface area contributed by atoms with Gasteiger partial charge in [-0.15, -0.1) is 0 Å². The fourth-order valence-corrected chi connectivity index (χ4v) is 1.82. The van der Waals surface area contributed by atoms with Crippen LogP contribution in [-0.2, 0) is 14.3 Å². The van der Waals surface area contributed by atoms with Crippen molar-refractivity contribution in [1.82, 2.24) is 10.2 Å². The summed E-state index contributed by atoms with van der Waals surface area (Å²) < 4.78 is 4.59. The minimum Gasteiger partial charge on any atom is -0.479 e. The number of methoxy groups -OCH3 is 1. The molecular formula is C11H18N2O6. The highest BCUT2D eigenvalue weighted by molar-refractivity contribution is 5.85. The van der Waals surface area contributed by atoms with Crippen LogP contribution in [0.1, 0.15) is 19.8 Å². The quantitative estimate of drug-likeness (QED) is 0.576. The molecule has 0 saturated carbocycles. The van der Waals surface area contributed by atoms with Gasteiger partial charge in [-0.2, -0.15) is 0 Å². The summed E-state index contributed by atoms with van der Waals surface area (Å²) in [6, 6.07) is -1.24. The predicted molar refractivity (Wildman–Crippen MR) is 63.4 cm³/mol. The Hall–Kier alpha value is -1.83. The molecule has 0 aliphatic carbocycles. The van der Waals surface area contributed by atoms with Crippen LogP contribution in [0.15, 0.2) is 0 Å². The summed E-state index contributed by atoms with van der Waals surface area (Å²) in [7, 11) is 1.24. The lowest BCUT2D eigenvalue weighted by Gasteiger charge is -2.25. The van der Waals surface area contributed by atoms with Crippen LogP contribution >= 0.6 is 0 Å². The van der Waals surface area contributed by atoms with Crippen molar-refractivity contribution in [3.8, 4) is 0 Å². The number of carbonyl (C=O) groups excluding carboxylic acids is 2. The molecule has 1 aliphatic heterocycles. The van der Waals surface area contributed by atoms with Crippen LogP contribution in [-0.4, -0.2) is 64.9 Å². The molecule has 1 heterocycles. The summed E-state index contributed by atoms with van der Waals surface area (Å²) in [4.78, 5) is 35.3. The van der Waals surface area contributed by atoms with E-state index in [2.05, 4.69) is 10.1 Å². The molecule has 2 amide bonds. The van der Waals surface area contributed by atoms with Crippen molar-refractivity contribution in [2.75, 3.05) is 20.2 Å². The molecule has 2 atom stereocenters. The molecule has 0 radical (unpaired) electrons. The second kappa shape index (κ2) is 5.87. The third-order valence-corrected chi connectivity index (χ3v) is 3.03. The Morgan fingerprint density at radius 2 is 2.11 bits per heavy atom. The molecule has 0 aromatic carbocycles. The van der Waals surface area contributed by atoms with E-state index in [4.69, 9.17) is 5.11 Å². The number of likely N-dealkylation sites (tertiary alicyclic amines) is 1. The molecule has 8 heteroatoms. The van der Waals surface area contributed by atoms with Crippen molar-refractivity contribution in [1.29, 1.82) is 0 Å². The molecule has 108 valence electrons. The number of rotatable bonds is 4. The number of aliphatic carboxylic acids is 1. The number of carbonyl (C=O) groups is 3. The molecule has 0 aromatic rings. The molecule has 1 saturated heterocycles. The minimum absolute atomic E-state index is 0.390. The minimum atomic E-state index is -2.05. The smallest absolute Gasteiger partial charge is 0.337 e. The highest BCUT2D eigenvalue weighted by atomic mass is 16.5. The number of hydrogen-bond acceptors (Lipinski definition) is 5. The number of aliphatic hydroxyl groups is 1. The van der Waals surface area contributed by atoms with E-state index in [-0.39, 0.29) is 0 Å². The van der Waals surface area contributed by atoms with Gasteiger partial charge in [0, 0.05) is 6.54 Å². The monoisotopic (exact) mass is 274 g/mol. The van der Waals surface area contributed by atoms with Crippen LogP contribution in [0.4, 0.5) is 4.79 Å². The van der Waals surface area contributed by atoms with Gasteiger partial charge >= 0.3 is 18.0 Å². The molecule has 1 rings (SSSR count). The van der Waals surface area contributed by atoms with E-state index < -0.39 is 36.2 Å². The maximum Gasteiger partial charge on any atom is 0.337 e. The van der Waals surface area contributed by atoms with Gasteiger partial charge in [0.15, 0.2) is 5.60 Å². The van der Waals surface area contributed by atoms with Crippen LogP contribution in [0.25, 0.3) is 0 Å². The normalized spacial score (nSPS) is 21.6. The summed E-state index contributed by atoms with van der Waals surface area (Å²) in [6.45, 7) is 1.03. The molecule has 2 unspecified atom stereocenters. The van der Waals surface area contributed by atoms with E-state index in [9.17, 15) is 19.5 Å². The molecule has 19 heavy (non-hydrogen) atoms. The number of nitrogens with zero attached hydrogens (tertiary/aromatic N) is 1. The Labute approximate surface area is 110 Å². The summed E-state index contributed by atoms with van der Waals surface area (Å²) in [6.07, 6.45) is 1.18. The highest BCUT2D eigenvalue weighted by Gasteiger charge is 2.36. The first-order valence-corrected chi connectivity index (χ1v) is 5.87. The van der Waals surface area contributed by atoms with Crippen molar-refractivity contribution in [2.45, 2.75) is 31.4 Å². The molecule has 1 fully saturated rings. The number of ether oxygens (including phenoxy) is 1. The summed E-state index contributed by atoms with van der Waals surface area (Å²) >= 11 is 0. The standard InChI is InChI=1S/C11H18N2O6/c1-11(18,9(15)16)6-12-10(17)13-5-3-4-7(13)8(14)19-2/h7,18H,3-6H2,1-2H3,(H,12,17)(H,15,16). The van der Waals surface area contributed by atoms with Gasteiger partial charge in [-0.05, 0) is 19.8 Å². The van der Waals surface area contributed by atoms with Crippen molar-refractivity contribution < 1.29 is 29.3 Å². The van der Waals surface area contributed by atoms with Gasteiger partial charge in [-0.25, -0.2) is 14.4 Å². The maximum absolute atomic E-state index is 11.8. The zero-order chi connectivity index (χ0) is 14.6. The lowest BCUT2D eigenvalue weighted by atomic mass is 10.1. The van der Waals surface area contributed by atoms with E-state index in [1.54, 1.807) is 0 Å². The highest BCUT2D eigenvalue weighted by Crippen LogP contribution is 2.18. The maximum atomic E-state index is 11.8. The molecule has 8 nitrogen and oxygen atoms in total. The topological polar surface area (TPSA) is 116 Å². The lowest BCUT2D eigenvalue weighted by molar-refractivity contribution is -0.156. The molecule has 3 N–H and O–H groups in total. The second-order valence-corrected chi connectivity index (χ2v) is 4.61. The number of carboxylic acid groups (broad SMARTS) is 1. The van der Waals surface area contributed by atoms with E-state index in [1.807, 2.05) is 0 Å². The predicted octanol–water partition coefficient (Wildman–Crippen LogP) is -0.831. The third-order valence-electron chi connectivity index (χ3n) is 3.03. The molecular weight excluding hydrogens is 256 g/mol. The largest absolute Gasteiger partial charge is 0.479 e. The fourth-order valence-electron chi connectivity index (χ4n) is 1.82. The van der Waals surface area contributed by atoms with Crippen molar-refractivity contribution >= 4 is 18.0 Å². The van der Waals surface area contributed by atoms with E-state index >= 15 is 0 Å². The van der Waals surface area contributed by atoms with E-state index in [0.717, 1.165) is 6.92 Å². The lowest BCUT2D eigenvalue weighted by Crippen LogP contribution is -2.52. The SMILES string of the molecule is COC(=O)C1CCCN1C(=O)NCC(C)(O)C(=O)O. The Bertz CT molecular complexity index is 381. The fraction of sp³-hybridized carbons (Fsp3) is 0.727. The number of carboxylic acids is 1. The number of nitrogens with one attached hydrogen (secondary N) is 1. The van der Waals surface area contributed by atoms with Crippen molar-refractivity contribution in [2.24, 2.45) is 0 Å².